The smallest absolute Gasteiger partial charge is 0.259 e. The molecule has 4 nitrogen and oxygen atoms in total. The van der Waals surface area contributed by atoms with Crippen molar-refractivity contribution in [1.29, 1.82) is 5.26 Å². The number of anilines is 1. The van der Waals surface area contributed by atoms with Crippen molar-refractivity contribution < 1.29 is 4.79 Å². The molecule has 0 saturated heterocycles. The van der Waals surface area contributed by atoms with Gasteiger partial charge in [-0.2, -0.15) is 5.26 Å². The van der Waals surface area contributed by atoms with Crippen LogP contribution in [0.2, 0.25) is 5.15 Å². The van der Waals surface area contributed by atoms with Gasteiger partial charge in [-0.1, -0.05) is 29.8 Å². The second-order valence-electron chi connectivity index (χ2n) is 4.07. The molecule has 1 aromatic carbocycles. The van der Waals surface area contributed by atoms with Gasteiger partial charge in [0.1, 0.15) is 5.15 Å². The van der Waals surface area contributed by atoms with Gasteiger partial charge in [0.25, 0.3) is 5.91 Å². The molecular formula is C15H12ClN3O. The molecule has 0 radical (unpaired) electrons. The largest absolute Gasteiger partial charge is 0.307 e. The summed E-state index contributed by atoms with van der Waals surface area (Å²) in [6.45, 7) is 0.335. The Morgan fingerprint density at radius 1 is 1.25 bits per heavy atom. The van der Waals surface area contributed by atoms with Crippen LogP contribution >= 0.6 is 11.6 Å². The van der Waals surface area contributed by atoms with Gasteiger partial charge in [-0.15, -0.1) is 0 Å². The van der Waals surface area contributed by atoms with Crippen molar-refractivity contribution in [3.8, 4) is 6.07 Å². The Morgan fingerprint density at radius 2 is 2.00 bits per heavy atom. The van der Waals surface area contributed by atoms with Crippen LogP contribution in [0.25, 0.3) is 0 Å². The van der Waals surface area contributed by atoms with Gasteiger partial charge in [-0.25, -0.2) is 4.98 Å². The average molecular weight is 286 g/mol. The minimum atomic E-state index is -0.199. The summed E-state index contributed by atoms with van der Waals surface area (Å²) in [4.78, 5) is 18.0. The van der Waals surface area contributed by atoms with E-state index in [1.54, 1.807) is 17.0 Å². The maximum atomic E-state index is 12.5. The minimum Gasteiger partial charge on any atom is -0.307 e. The Kier molecular flexibility index (Phi) is 4.70. The van der Waals surface area contributed by atoms with E-state index in [-0.39, 0.29) is 12.3 Å². The third-order valence-corrected chi connectivity index (χ3v) is 2.96. The Labute approximate surface area is 122 Å². The highest BCUT2D eigenvalue weighted by atomic mass is 35.5. The van der Waals surface area contributed by atoms with Crippen molar-refractivity contribution >= 4 is 23.2 Å². The number of amides is 1. The highest BCUT2D eigenvalue weighted by Gasteiger charge is 2.17. The van der Waals surface area contributed by atoms with Gasteiger partial charge >= 0.3 is 0 Å². The quantitative estimate of drug-likeness (QED) is 0.810. The standard InChI is InChI=1S/C15H12ClN3O/c16-14-8-7-12(11-18-14)15(20)19(10-4-9-17)13-5-2-1-3-6-13/h1-3,5-8,11H,4,10H2. The zero-order chi connectivity index (χ0) is 14.4. The second-order valence-corrected chi connectivity index (χ2v) is 4.46. The molecule has 2 aromatic rings. The van der Waals surface area contributed by atoms with E-state index in [9.17, 15) is 4.79 Å². The lowest BCUT2D eigenvalue weighted by atomic mass is 10.2. The number of nitrogens with zero attached hydrogens (tertiary/aromatic N) is 3. The molecule has 0 atom stereocenters. The number of nitriles is 1. The molecule has 5 heteroatoms. The van der Waals surface area contributed by atoms with E-state index < -0.39 is 0 Å². The normalized spacial score (nSPS) is 9.80. The molecule has 0 aliphatic rings. The van der Waals surface area contributed by atoms with E-state index in [0.29, 0.717) is 17.3 Å². The summed E-state index contributed by atoms with van der Waals surface area (Å²) in [5.74, 6) is -0.199. The molecule has 0 unspecified atom stereocenters. The van der Waals surface area contributed by atoms with Crippen LogP contribution in [0.3, 0.4) is 0 Å². The molecule has 1 aromatic heterocycles. The first-order chi connectivity index (χ1) is 9.72. The third-order valence-electron chi connectivity index (χ3n) is 2.73. The first kappa shape index (κ1) is 14.0. The molecule has 0 aliphatic heterocycles. The summed E-state index contributed by atoms with van der Waals surface area (Å²) in [6, 6.07) is 14.5. The maximum Gasteiger partial charge on any atom is 0.259 e. The van der Waals surface area contributed by atoms with Crippen LogP contribution in [0.1, 0.15) is 16.8 Å². The van der Waals surface area contributed by atoms with E-state index >= 15 is 0 Å². The molecule has 0 fully saturated rings. The lowest BCUT2D eigenvalue weighted by molar-refractivity contribution is 0.0987. The van der Waals surface area contributed by atoms with Crippen LogP contribution < -0.4 is 4.90 Å². The molecule has 20 heavy (non-hydrogen) atoms. The van der Waals surface area contributed by atoms with E-state index in [4.69, 9.17) is 16.9 Å². The van der Waals surface area contributed by atoms with Gasteiger partial charge in [0, 0.05) is 18.4 Å². The third kappa shape index (κ3) is 3.34. The number of pyridine rings is 1. The van der Waals surface area contributed by atoms with Gasteiger partial charge in [0.05, 0.1) is 18.1 Å². The predicted octanol–water partition coefficient (Wildman–Crippen LogP) is 3.30. The van der Waals surface area contributed by atoms with Gasteiger partial charge in [-0.3, -0.25) is 4.79 Å². The SMILES string of the molecule is N#CCCN(C(=O)c1ccc(Cl)nc1)c1ccccc1. The molecule has 100 valence electrons. The summed E-state index contributed by atoms with van der Waals surface area (Å²) in [7, 11) is 0. The Balaban J connectivity index is 2.29. The monoisotopic (exact) mass is 285 g/mol. The van der Waals surface area contributed by atoms with Gasteiger partial charge in [-0.05, 0) is 24.3 Å². The number of carbonyl (C=O) groups is 1. The molecule has 0 N–H and O–H groups in total. The predicted molar refractivity (Wildman–Crippen MR) is 77.6 cm³/mol. The van der Waals surface area contributed by atoms with Gasteiger partial charge in [0.15, 0.2) is 0 Å². The fourth-order valence-electron chi connectivity index (χ4n) is 1.78. The number of rotatable bonds is 4. The highest BCUT2D eigenvalue weighted by Crippen LogP contribution is 2.17. The highest BCUT2D eigenvalue weighted by molar-refractivity contribution is 6.29. The molecule has 1 amide bonds. The lowest BCUT2D eigenvalue weighted by Gasteiger charge is -2.21. The van der Waals surface area contributed by atoms with Crippen molar-refractivity contribution in [3.05, 3.63) is 59.4 Å². The van der Waals surface area contributed by atoms with Crippen LogP contribution in [-0.4, -0.2) is 17.4 Å². The maximum absolute atomic E-state index is 12.5. The number of hydrogen-bond acceptors (Lipinski definition) is 3. The fraction of sp³-hybridized carbons (Fsp3) is 0.133. The number of hydrogen-bond donors (Lipinski definition) is 0. The molecule has 0 spiro atoms. The first-order valence-electron chi connectivity index (χ1n) is 6.08. The van der Waals surface area contributed by atoms with Gasteiger partial charge < -0.3 is 4.90 Å². The van der Waals surface area contributed by atoms with E-state index in [1.807, 2.05) is 30.3 Å². The molecule has 1 heterocycles. The number of aromatic nitrogens is 1. The number of carbonyl (C=O) groups excluding carboxylic acids is 1. The van der Waals surface area contributed by atoms with Crippen molar-refractivity contribution in [2.24, 2.45) is 0 Å². The van der Waals surface area contributed by atoms with Crippen LogP contribution in [0.5, 0.6) is 0 Å². The number of benzene rings is 1. The van der Waals surface area contributed by atoms with Crippen molar-refractivity contribution in [3.63, 3.8) is 0 Å². The topological polar surface area (TPSA) is 57.0 Å². The summed E-state index contributed by atoms with van der Waals surface area (Å²) in [6.07, 6.45) is 1.70. The second kappa shape index (κ2) is 6.69. The van der Waals surface area contributed by atoms with E-state index in [0.717, 1.165) is 5.69 Å². The van der Waals surface area contributed by atoms with Crippen LogP contribution in [0.4, 0.5) is 5.69 Å². The summed E-state index contributed by atoms with van der Waals surface area (Å²) < 4.78 is 0. The van der Waals surface area contributed by atoms with Crippen molar-refractivity contribution in [2.75, 3.05) is 11.4 Å². The Bertz CT molecular complexity index is 620. The Morgan fingerprint density at radius 3 is 2.60 bits per heavy atom. The summed E-state index contributed by atoms with van der Waals surface area (Å²) in [5, 5.41) is 9.07. The molecule has 2 rings (SSSR count). The van der Waals surface area contributed by atoms with Crippen LogP contribution in [0, 0.1) is 11.3 Å². The first-order valence-corrected chi connectivity index (χ1v) is 6.45. The minimum absolute atomic E-state index is 0.199. The van der Waals surface area contributed by atoms with Crippen molar-refractivity contribution in [2.45, 2.75) is 6.42 Å². The average Bonchev–Trinajstić information content (AvgIpc) is 2.49. The molecule has 0 bridgehead atoms. The Hall–Kier alpha value is -2.38. The summed E-state index contributed by atoms with van der Waals surface area (Å²) >= 11 is 5.72. The summed E-state index contributed by atoms with van der Waals surface area (Å²) in [5.41, 5.74) is 1.19. The number of halogens is 1. The molecule has 0 aliphatic carbocycles. The molecular weight excluding hydrogens is 274 g/mol. The molecule has 0 saturated carbocycles. The van der Waals surface area contributed by atoms with E-state index in [2.05, 4.69) is 11.1 Å². The van der Waals surface area contributed by atoms with Gasteiger partial charge in [0.2, 0.25) is 0 Å². The zero-order valence-corrected chi connectivity index (χ0v) is 11.4. The van der Waals surface area contributed by atoms with E-state index in [1.165, 1.54) is 6.20 Å². The van der Waals surface area contributed by atoms with Crippen molar-refractivity contribution in [1.82, 2.24) is 4.98 Å². The zero-order valence-electron chi connectivity index (χ0n) is 10.7. The lowest BCUT2D eigenvalue weighted by Crippen LogP contribution is -2.31. The van der Waals surface area contributed by atoms with Crippen LogP contribution in [-0.2, 0) is 0 Å². The van der Waals surface area contributed by atoms with Crippen LogP contribution in [0.15, 0.2) is 48.7 Å². The number of para-hydroxylation sites is 1. The fourth-order valence-corrected chi connectivity index (χ4v) is 1.89.